The molecular weight excluding hydrogens is 290 g/mol. The molecule has 0 aromatic carbocycles. The highest BCUT2D eigenvalue weighted by Gasteiger charge is 2.26. The van der Waals surface area contributed by atoms with E-state index in [1.54, 1.807) is 6.26 Å². The molecule has 2 aromatic rings. The number of furan rings is 1. The Hall–Kier alpha value is -1.59. The van der Waals surface area contributed by atoms with Crippen LogP contribution in [0.15, 0.2) is 29.0 Å². The van der Waals surface area contributed by atoms with Gasteiger partial charge in [0.05, 0.1) is 12.5 Å². The number of aryl methyl sites for hydroxylation is 1. The number of aliphatic hydroxyl groups is 1. The number of aliphatic hydroxyl groups excluding tert-OH is 1. The average Bonchev–Trinajstić information content (AvgIpc) is 3.12. The average molecular weight is 317 g/mol. The molecule has 126 valence electrons. The first-order chi connectivity index (χ1) is 11.1. The van der Waals surface area contributed by atoms with Crippen LogP contribution in [-0.2, 0) is 13.6 Å². The SMILES string of the molecule is Cc1c(CN2CCCCCC2CC(O)c2ccco2)cnn1C. The molecule has 2 atom stereocenters. The second-order valence-electron chi connectivity index (χ2n) is 6.62. The van der Waals surface area contributed by atoms with Crippen LogP contribution in [0.2, 0.25) is 0 Å². The Kier molecular flexibility index (Phi) is 5.18. The van der Waals surface area contributed by atoms with Crippen LogP contribution in [0.3, 0.4) is 0 Å². The molecule has 3 rings (SSSR count). The quantitative estimate of drug-likeness (QED) is 0.920. The third-order valence-corrected chi connectivity index (χ3v) is 5.08. The molecule has 23 heavy (non-hydrogen) atoms. The zero-order chi connectivity index (χ0) is 16.2. The first-order valence-electron chi connectivity index (χ1n) is 8.58. The van der Waals surface area contributed by atoms with Gasteiger partial charge in [-0.05, 0) is 44.9 Å². The summed E-state index contributed by atoms with van der Waals surface area (Å²) in [5.74, 6) is 0.673. The van der Waals surface area contributed by atoms with Gasteiger partial charge in [-0.2, -0.15) is 5.10 Å². The zero-order valence-corrected chi connectivity index (χ0v) is 14.1. The standard InChI is InChI=1S/C18H27N3O2/c1-14-15(12-19-20(14)2)13-21-9-5-3-4-7-16(21)11-17(22)18-8-6-10-23-18/h6,8,10,12,16-17,22H,3-5,7,9,11,13H2,1-2H3. The zero-order valence-electron chi connectivity index (χ0n) is 14.1. The maximum atomic E-state index is 10.5. The molecule has 1 aliphatic heterocycles. The van der Waals surface area contributed by atoms with Crippen molar-refractivity contribution in [3.8, 4) is 0 Å². The molecule has 0 saturated carbocycles. The molecular formula is C18H27N3O2. The molecule has 1 fully saturated rings. The summed E-state index contributed by atoms with van der Waals surface area (Å²) < 4.78 is 7.29. The van der Waals surface area contributed by atoms with Crippen molar-refractivity contribution in [1.29, 1.82) is 0 Å². The number of rotatable bonds is 5. The molecule has 2 unspecified atom stereocenters. The summed E-state index contributed by atoms with van der Waals surface area (Å²) in [6, 6.07) is 4.08. The number of nitrogens with zero attached hydrogens (tertiary/aromatic N) is 3. The molecule has 0 aliphatic carbocycles. The second-order valence-corrected chi connectivity index (χ2v) is 6.62. The van der Waals surface area contributed by atoms with Gasteiger partial charge in [0.25, 0.3) is 0 Å². The van der Waals surface area contributed by atoms with Gasteiger partial charge in [-0.15, -0.1) is 0 Å². The predicted molar refractivity (Wildman–Crippen MR) is 88.9 cm³/mol. The summed E-state index contributed by atoms with van der Waals surface area (Å²) in [4.78, 5) is 2.52. The first-order valence-corrected chi connectivity index (χ1v) is 8.58. The Morgan fingerprint density at radius 3 is 2.96 bits per heavy atom. The van der Waals surface area contributed by atoms with E-state index in [0.29, 0.717) is 11.8 Å². The molecule has 5 nitrogen and oxygen atoms in total. The van der Waals surface area contributed by atoms with E-state index < -0.39 is 6.10 Å². The van der Waals surface area contributed by atoms with Crippen LogP contribution in [0.4, 0.5) is 0 Å². The Balaban J connectivity index is 1.71. The number of likely N-dealkylation sites (tertiary alicyclic amines) is 1. The van der Waals surface area contributed by atoms with E-state index in [9.17, 15) is 5.11 Å². The smallest absolute Gasteiger partial charge is 0.132 e. The highest BCUT2D eigenvalue weighted by atomic mass is 16.4. The molecule has 1 saturated heterocycles. The van der Waals surface area contributed by atoms with Gasteiger partial charge in [0, 0.05) is 30.9 Å². The van der Waals surface area contributed by atoms with Crippen LogP contribution in [0.5, 0.6) is 0 Å². The van der Waals surface area contributed by atoms with E-state index in [0.717, 1.165) is 25.9 Å². The van der Waals surface area contributed by atoms with Crippen molar-refractivity contribution in [2.75, 3.05) is 6.54 Å². The minimum atomic E-state index is -0.523. The summed E-state index contributed by atoms with van der Waals surface area (Å²) in [5, 5.41) is 14.8. The highest BCUT2D eigenvalue weighted by molar-refractivity contribution is 5.16. The van der Waals surface area contributed by atoms with E-state index in [4.69, 9.17) is 4.42 Å². The number of aromatic nitrogens is 2. The van der Waals surface area contributed by atoms with Crippen molar-refractivity contribution in [1.82, 2.24) is 14.7 Å². The topological polar surface area (TPSA) is 54.4 Å². The van der Waals surface area contributed by atoms with Crippen LogP contribution in [-0.4, -0.2) is 32.4 Å². The van der Waals surface area contributed by atoms with Gasteiger partial charge in [-0.25, -0.2) is 0 Å². The Labute approximate surface area is 137 Å². The van der Waals surface area contributed by atoms with E-state index in [2.05, 4.69) is 16.9 Å². The molecule has 0 spiro atoms. The molecule has 0 amide bonds. The van der Waals surface area contributed by atoms with Gasteiger partial charge in [0.2, 0.25) is 0 Å². The van der Waals surface area contributed by atoms with Gasteiger partial charge in [-0.3, -0.25) is 9.58 Å². The van der Waals surface area contributed by atoms with E-state index in [1.165, 1.54) is 30.5 Å². The summed E-state index contributed by atoms with van der Waals surface area (Å²) in [5.41, 5.74) is 2.51. The Morgan fingerprint density at radius 2 is 2.26 bits per heavy atom. The predicted octanol–water partition coefficient (Wildman–Crippen LogP) is 3.19. The Bertz CT molecular complexity index is 606. The largest absolute Gasteiger partial charge is 0.467 e. The van der Waals surface area contributed by atoms with Crippen LogP contribution in [0.1, 0.15) is 55.2 Å². The molecule has 1 aliphatic rings. The van der Waals surface area contributed by atoms with Gasteiger partial charge in [-0.1, -0.05) is 12.8 Å². The third-order valence-electron chi connectivity index (χ3n) is 5.08. The lowest BCUT2D eigenvalue weighted by Gasteiger charge is -2.31. The van der Waals surface area contributed by atoms with Gasteiger partial charge < -0.3 is 9.52 Å². The van der Waals surface area contributed by atoms with Crippen LogP contribution >= 0.6 is 0 Å². The van der Waals surface area contributed by atoms with Crippen molar-refractivity contribution >= 4 is 0 Å². The number of hydrogen-bond acceptors (Lipinski definition) is 4. The monoisotopic (exact) mass is 317 g/mol. The molecule has 0 radical (unpaired) electrons. The molecule has 3 heterocycles. The van der Waals surface area contributed by atoms with Gasteiger partial charge >= 0.3 is 0 Å². The van der Waals surface area contributed by atoms with E-state index in [1.807, 2.05) is 30.1 Å². The fourth-order valence-corrected chi connectivity index (χ4v) is 3.48. The molecule has 0 bridgehead atoms. The Morgan fingerprint density at radius 1 is 1.39 bits per heavy atom. The van der Waals surface area contributed by atoms with E-state index in [-0.39, 0.29) is 0 Å². The summed E-state index contributed by atoms with van der Waals surface area (Å²) in [6.45, 7) is 4.12. The highest BCUT2D eigenvalue weighted by Crippen LogP contribution is 2.28. The minimum Gasteiger partial charge on any atom is -0.467 e. The van der Waals surface area contributed by atoms with E-state index >= 15 is 0 Å². The van der Waals surface area contributed by atoms with Gasteiger partial charge in [0.15, 0.2) is 0 Å². The summed E-state index contributed by atoms with van der Waals surface area (Å²) >= 11 is 0. The second kappa shape index (κ2) is 7.32. The lowest BCUT2D eigenvalue weighted by atomic mass is 10.0. The van der Waals surface area contributed by atoms with Crippen molar-refractivity contribution in [2.45, 2.75) is 57.7 Å². The fraction of sp³-hybridized carbons (Fsp3) is 0.611. The molecule has 2 aromatic heterocycles. The number of hydrogen-bond donors (Lipinski definition) is 1. The molecule has 1 N–H and O–H groups in total. The third kappa shape index (κ3) is 3.85. The van der Waals surface area contributed by atoms with Crippen molar-refractivity contribution in [3.63, 3.8) is 0 Å². The van der Waals surface area contributed by atoms with Crippen molar-refractivity contribution in [3.05, 3.63) is 41.6 Å². The summed E-state index contributed by atoms with van der Waals surface area (Å²) in [7, 11) is 1.99. The lowest BCUT2D eigenvalue weighted by molar-refractivity contribution is 0.0829. The fourth-order valence-electron chi connectivity index (χ4n) is 3.48. The van der Waals surface area contributed by atoms with Crippen LogP contribution < -0.4 is 0 Å². The maximum absolute atomic E-state index is 10.5. The lowest BCUT2D eigenvalue weighted by Crippen LogP contribution is -2.35. The van der Waals surface area contributed by atoms with Crippen LogP contribution in [0, 0.1) is 6.92 Å². The van der Waals surface area contributed by atoms with Crippen molar-refractivity contribution in [2.24, 2.45) is 7.05 Å². The minimum absolute atomic E-state index is 0.386. The maximum Gasteiger partial charge on any atom is 0.132 e. The van der Waals surface area contributed by atoms with Gasteiger partial charge in [0.1, 0.15) is 11.9 Å². The normalized spacial score (nSPS) is 21.3. The van der Waals surface area contributed by atoms with Crippen molar-refractivity contribution < 1.29 is 9.52 Å². The summed E-state index contributed by atoms with van der Waals surface area (Å²) in [6.07, 6.45) is 8.68. The van der Waals surface area contributed by atoms with Crippen LogP contribution in [0.25, 0.3) is 0 Å². The molecule has 5 heteroatoms. The first kappa shape index (κ1) is 16.3.